The van der Waals surface area contributed by atoms with Crippen molar-refractivity contribution in [3.63, 3.8) is 0 Å². The third-order valence-electron chi connectivity index (χ3n) is 3.50. The number of carbonyl (C=O) groups excluding carboxylic acids is 1. The van der Waals surface area contributed by atoms with Gasteiger partial charge in [-0.1, -0.05) is 0 Å². The number of fused-ring (bicyclic) bond motifs is 1. The number of hydrogen-bond donors (Lipinski definition) is 3. The number of amides is 1. The molecule has 23 heavy (non-hydrogen) atoms. The first-order valence-corrected chi connectivity index (χ1v) is 7.79. The first-order chi connectivity index (χ1) is 11.0. The molecule has 8 nitrogen and oxygen atoms in total. The van der Waals surface area contributed by atoms with E-state index in [0.29, 0.717) is 46.5 Å². The molecule has 0 spiro atoms. The van der Waals surface area contributed by atoms with Gasteiger partial charge in [-0.25, -0.2) is 4.79 Å². The molecule has 0 saturated carbocycles. The number of hydrogen-bond acceptors (Lipinski definition) is 6. The third kappa shape index (κ3) is 2.74. The average molecular weight is 337 g/mol. The quantitative estimate of drug-likeness (QED) is 0.777. The van der Waals surface area contributed by atoms with Gasteiger partial charge < -0.3 is 19.9 Å². The van der Waals surface area contributed by atoms with Crippen LogP contribution >= 0.6 is 11.3 Å². The second-order valence-corrected chi connectivity index (χ2v) is 5.93. The van der Waals surface area contributed by atoms with E-state index < -0.39 is 17.9 Å². The minimum atomic E-state index is -1.19. The molecule has 1 aliphatic rings. The van der Waals surface area contributed by atoms with E-state index in [-0.39, 0.29) is 0 Å². The first kappa shape index (κ1) is 15.3. The number of thiophene rings is 1. The van der Waals surface area contributed by atoms with Gasteiger partial charge in [0, 0.05) is 16.6 Å². The highest BCUT2D eigenvalue weighted by molar-refractivity contribution is 7.12. The van der Waals surface area contributed by atoms with Crippen LogP contribution in [0, 0.1) is 13.8 Å². The number of rotatable bonds is 4. The van der Waals surface area contributed by atoms with Crippen LogP contribution in [0.1, 0.15) is 32.7 Å². The molecule has 0 aliphatic carbocycles. The number of aromatic amines is 1. The summed E-state index contributed by atoms with van der Waals surface area (Å²) >= 11 is 1.15. The second kappa shape index (κ2) is 5.92. The Bertz CT molecular complexity index is 747. The Morgan fingerprint density at radius 3 is 2.78 bits per heavy atom. The molecule has 1 atom stereocenters. The topological polar surface area (TPSA) is 114 Å². The third-order valence-corrected chi connectivity index (χ3v) is 4.44. The second-order valence-electron chi connectivity index (χ2n) is 5.05. The van der Waals surface area contributed by atoms with E-state index in [0.717, 1.165) is 11.3 Å². The Labute approximate surface area is 135 Å². The Balaban J connectivity index is 1.88. The molecule has 1 aliphatic heterocycles. The molecule has 0 bridgehead atoms. The van der Waals surface area contributed by atoms with Crippen LogP contribution in [0.25, 0.3) is 0 Å². The van der Waals surface area contributed by atoms with Gasteiger partial charge in [0.1, 0.15) is 18.1 Å². The van der Waals surface area contributed by atoms with Crippen LogP contribution in [0.15, 0.2) is 5.38 Å². The molecule has 3 heterocycles. The monoisotopic (exact) mass is 337 g/mol. The van der Waals surface area contributed by atoms with Crippen molar-refractivity contribution >= 4 is 23.2 Å². The summed E-state index contributed by atoms with van der Waals surface area (Å²) in [7, 11) is 0. The highest BCUT2D eigenvalue weighted by atomic mass is 32.1. The maximum Gasteiger partial charge on any atom is 0.331 e. The van der Waals surface area contributed by atoms with Crippen molar-refractivity contribution in [2.45, 2.75) is 19.9 Å². The van der Waals surface area contributed by atoms with Crippen LogP contribution in [0.5, 0.6) is 11.5 Å². The molecule has 9 heteroatoms. The molecule has 122 valence electrons. The Morgan fingerprint density at radius 2 is 2.13 bits per heavy atom. The Kier molecular flexibility index (Phi) is 3.95. The van der Waals surface area contributed by atoms with E-state index >= 15 is 0 Å². The number of H-pyrrole nitrogens is 1. The van der Waals surface area contributed by atoms with Gasteiger partial charge in [-0.2, -0.15) is 5.10 Å². The zero-order chi connectivity index (χ0) is 16.6. The van der Waals surface area contributed by atoms with Crippen molar-refractivity contribution in [2.75, 3.05) is 13.2 Å². The largest absolute Gasteiger partial charge is 0.485 e. The van der Waals surface area contributed by atoms with Gasteiger partial charge in [-0.3, -0.25) is 9.89 Å². The Morgan fingerprint density at radius 1 is 1.39 bits per heavy atom. The lowest BCUT2D eigenvalue weighted by atomic mass is 10.0. The number of ether oxygens (including phenoxy) is 2. The minimum Gasteiger partial charge on any atom is -0.485 e. The predicted molar refractivity (Wildman–Crippen MR) is 81.2 cm³/mol. The lowest BCUT2D eigenvalue weighted by molar-refractivity contribution is -0.139. The zero-order valence-electron chi connectivity index (χ0n) is 12.5. The molecule has 0 fully saturated rings. The number of carboxylic acid groups (broad SMARTS) is 1. The molecule has 1 amide bonds. The SMILES string of the molecule is Cc1n[nH]c(C)c1C(NC(=O)c1scc2c1OCCO2)C(=O)O. The van der Waals surface area contributed by atoms with E-state index in [9.17, 15) is 14.7 Å². The van der Waals surface area contributed by atoms with E-state index in [1.807, 2.05) is 0 Å². The number of aliphatic carboxylic acids is 1. The molecular weight excluding hydrogens is 322 g/mol. The molecule has 2 aromatic rings. The van der Waals surface area contributed by atoms with Gasteiger partial charge in [-0.15, -0.1) is 11.3 Å². The first-order valence-electron chi connectivity index (χ1n) is 6.91. The minimum absolute atomic E-state index is 0.296. The highest BCUT2D eigenvalue weighted by Gasteiger charge is 2.30. The van der Waals surface area contributed by atoms with Gasteiger partial charge in [0.25, 0.3) is 5.91 Å². The van der Waals surface area contributed by atoms with Gasteiger partial charge in [-0.05, 0) is 13.8 Å². The summed E-state index contributed by atoms with van der Waals surface area (Å²) in [5.41, 5.74) is 1.58. The normalized spacial score (nSPS) is 14.3. The summed E-state index contributed by atoms with van der Waals surface area (Å²) in [6, 6.07) is -1.19. The van der Waals surface area contributed by atoms with E-state index in [4.69, 9.17) is 9.47 Å². The molecule has 0 aromatic carbocycles. The number of carboxylic acids is 1. The van der Waals surface area contributed by atoms with Crippen molar-refractivity contribution < 1.29 is 24.2 Å². The van der Waals surface area contributed by atoms with Crippen LogP contribution in [-0.2, 0) is 4.79 Å². The molecule has 1 unspecified atom stereocenters. The molecule has 3 N–H and O–H groups in total. The summed E-state index contributed by atoms with van der Waals surface area (Å²) in [5, 5.41) is 20.4. The van der Waals surface area contributed by atoms with E-state index in [1.54, 1.807) is 19.2 Å². The van der Waals surface area contributed by atoms with Gasteiger partial charge in [0.15, 0.2) is 17.5 Å². The molecular formula is C14H15N3O5S. The van der Waals surface area contributed by atoms with Crippen LogP contribution in [-0.4, -0.2) is 40.4 Å². The lowest BCUT2D eigenvalue weighted by Crippen LogP contribution is -2.34. The number of nitrogens with zero attached hydrogens (tertiary/aromatic N) is 1. The fraction of sp³-hybridized carbons (Fsp3) is 0.357. The van der Waals surface area contributed by atoms with E-state index in [2.05, 4.69) is 15.5 Å². The maximum atomic E-state index is 12.5. The Hall–Kier alpha value is -2.55. The molecule has 0 saturated heterocycles. The van der Waals surface area contributed by atoms with Gasteiger partial charge in [0.05, 0.1) is 5.69 Å². The lowest BCUT2D eigenvalue weighted by Gasteiger charge is -2.17. The smallest absolute Gasteiger partial charge is 0.331 e. The van der Waals surface area contributed by atoms with Crippen LogP contribution in [0.4, 0.5) is 0 Å². The molecule has 3 rings (SSSR count). The summed E-state index contributed by atoms with van der Waals surface area (Å²) < 4.78 is 10.8. The van der Waals surface area contributed by atoms with Crippen LogP contribution < -0.4 is 14.8 Å². The van der Waals surface area contributed by atoms with Crippen LogP contribution in [0.2, 0.25) is 0 Å². The fourth-order valence-electron chi connectivity index (χ4n) is 2.46. The predicted octanol–water partition coefficient (Wildman–Crippen LogP) is 1.41. The number of carbonyl (C=O) groups is 2. The van der Waals surface area contributed by atoms with Crippen molar-refractivity contribution in [2.24, 2.45) is 0 Å². The van der Waals surface area contributed by atoms with Crippen molar-refractivity contribution in [3.8, 4) is 11.5 Å². The van der Waals surface area contributed by atoms with Gasteiger partial charge in [0.2, 0.25) is 0 Å². The number of aryl methyl sites for hydroxylation is 2. The molecule has 0 radical (unpaired) electrons. The van der Waals surface area contributed by atoms with Crippen LogP contribution in [0.3, 0.4) is 0 Å². The van der Waals surface area contributed by atoms with E-state index in [1.165, 1.54) is 0 Å². The van der Waals surface area contributed by atoms with Crippen molar-refractivity contribution in [3.05, 3.63) is 27.2 Å². The summed E-state index contributed by atoms with van der Waals surface area (Å²) in [6.45, 7) is 4.18. The van der Waals surface area contributed by atoms with Crippen molar-refractivity contribution in [1.82, 2.24) is 15.5 Å². The van der Waals surface area contributed by atoms with Gasteiger partial charge >= 0.3 is 5.97 Å². The maximum absolute atomic E-state index is 12.5. The molecule has 2 aromatic heterocycles. The standard InChI is InChI=1S/C14H15N3O5S/c1-6-9(7(2)17-16-6)10(14(19)20)15-13(18)12-11-8(5-23-12)21-3-4-22-11/h5,10H,3-4H2,1-2H3,(H,15,18)(H,16,17)(H,19,20). The zero-order valence-corrected chi connectivity index (χ0v) is 13.3. The summed E-state index contributed by atoms with van der Waals surface area (Å²) in [4.78, 5) is 24.4. The highest BCUT2D eigenvalue weighted by Crippen LogP contribution is 2.39. The number of nitrogens with one attached hydrogen (secondary N) is 2. The fourth-order valence-corrected chi connectivity index (χ4v) is 3.29. The number of aromatic nitrogens is 2. The summed E-state index contributed by atoms with van der Waals surface area (Å²) in [5.74, 6) is -0.805. The summed E-state index contributed by atoms with van der Waals surface area (Å²) in [6.07, 6.45) is 0. The average Bonchev–Trinajstić information content (AvgIpc) is 3.09. The van der Waals surface area contributed by atoms with Crippen molar-refractivity contribution in [1.29, 1.82) is 0 Å².